The zero-order chi connectivity index (χ0) is 19.9. The Morgan fingerprint density at radius 2 is 2.00 bits per heavy atom. The van der Waals surface area contributed by atoms with Crippen molar-refractivity contribution in [2.75, 3.05) is 39.4 Å². The first-order chi connectivity index (χ1) is 13.3. The van der Waals surface area contributed by atoms with E-state index in [9.17, 15) is 23.3 Å². The molecule has 1 aromatic heterocycles. The summed E-state index contributed by atoms with van der Waals surface area (Å²) in [6.45, 7) is 2.81. The molecule has 2 bridgehead atoms. The molecule has 1 N–H and O–H groups in total. The van der Waals surface area contributed by atoms with Gasteiger partial charge < -0.3 is 10.1 Å². The van der Waals surface area contributed by atoms with Crippen molar-refractivity contribution in [1.29, 1.82) is 0 Å². The van der Waals surface area contributed by atoms with Gasteiger partial charge in [0.2, 0.25) is 0 Å². The molecule has 28 heavy (non-hydrogen) atoms. The molecule has 0 saturated carbocycles. The van der Waals surface area contributed by atoms with Gasteiger partial charge in [-0.3, -0.25) is 19.8 Å². The number of fused-ring (bicyclic) bond motifs is 2. The van der Waals surface area contributed by atoms with E-state index in [4.69, 9.17) is 4.74 Å². The van der Waals surface area contributed by atoms with Crippen molar-refractivity contribution in [3.8, 4) is 0 Å². The molecule has 12 heteroatoms. The van der Waals surface area contributed by atoms with Gasteiger partial charge in [0.25, 0.3) is 10.0 Å². The summed E-state index contributed by atoms with van der Waals surface area (Å²) in [6.07, 6.45) is 0.953. The maximum Gasteiger partial charge on any atom is 0.325 e. The van der Waals surface area contributed by atoms with Crippen LogP contribution in [0, 0.1) is 10.1 Å². The van der Waals surface area contributed by atoms with Crippen LogP contribution in [0.25, 0.3) is 0 Å². The number of ketones is 1. The van der Waals surface area contributed by atoms with Crippen molar-refractivity contribution < 1.29 is 22.9 Å². The van der Waals surface area contributed by atoms with E-state index in [1.807, 2.05) is 0 Å². The summed E-state index contributed by atoms with van der Waals surface area (Å²) in [6, 6.07) is 2.55. The second-order valence-corrected chi connectivity index (χ2v) is 10.6. The summed E-state index contributed by atoms with van der Waals surface area (Å²) in [5, 5.41) is 14.0. The third-order valence-corrected chi connectivity index (χ3v) is 8.85. The number of ether oxygens (including phenoxy) is 1. The molecule has 3 fully saturated rings. The number of carbonyl (C=O) groups excluding carboxylic acids is 1. The van der Waals surface area contributed by atoms with Gasteiger partial charge >= 0.3 is 5.00 Å². The first-order valence-corrected chi connectivity index (χ1v) is 11.4. The highest BCUT2D eigenvalue weighted by Gasteiger charge is 2.40. The van der Waals surface area contributed by atoms with Gasteiger partial charge in [-0.05, 0) is 17.4 Å². The van der Waals surface area contributed by atoms with E-state index in [1.54, 1.807) is 0 Å². The normalized spacial score (nSPS) is 29.7. The second kappa shape index (κ2) is 7.76. The number of thiophene rings is 1. The van der Waals surface area contributed by atoms with Gasteiger partial charge in [0.05, 0.1) is 18.1 Å². The molecule has 4 heterocycles. The number of piperazine rings is 1. The van der Waals surface area contributed by atoms with Crippen LogP contribution in [0.15, 0.2) is 16.3 Å². The van der Waals surface area contributed by atoms with Crippen LogP contribution in [0.3, 0.4) is 0 Å². The number of piperidine rings is 1. The first-order valence-electron chi connectivity index (χ1n) is 9.17. The molecular formula is C16H22N4O6S2. The van der Waals surface area contributed by atoms with Gasteiger partial charge in [0.1, 0.15) is 9.99 Å². The Morgan fingerprint density at radius 3 is 2.64 bits per heavy atom. The van der Waals surface area contributed by atoms with Crippen molar-refractivity contribution >= 4 is 32.1 Å². The molecule has 0 aromatic carbocycles. The van der Waals surface area contributed by atoms with Crippen LogP contribution in [0.4, 0.5) is 5.00 Å². The highest BCUT2D eigenvalue weighted by atomic mass is 32.2. The third kappa shape index (κ3) is 3.84. The maximum absolute atomic E-state index is 12.9. The maximum atomic E-state index is 12.9. The first kappa shape index (κ1) is 19.9. The smallest absolute Gasteiger partial charge is 0.325 e. The van der Waals surface area contributed by atoms with E-state index in [-0.39, 0.29) is 33.1 Å². The third-order valence-electron chi connectivity index (χ3n) is 5.48. The zero-order valence-corrected chi connectivity index (χ0v) is 16.8. The Bertz CT molecular complexity index is 856. The highest BCUT2D eigenvalue weighted by Crippen LogP contribution is 2.31. The van der Waals surface area contributed by atoms with E-state index in [0.717, 1.165) is 0 Å². The molecule has 0 spiro atoms. The average molecular weight is 431 g/mol. The van der Waals surface area contributed by atoms with Crippen LogP contribution in [0.1, 0.15) is 12.8 Å². The Balaban J connectivity index is 1.45. The number of Topliss-reactive ketones (excluding diaryl/α,β-unsaturated/α-hetero) is 1. The predicted octanol–water partition coefficient (Wildman–Crippen LogP) is 0.0511. The second-order valence-electron chi connectivity index (χ2n) is 7.35. The minimum atomic E-state index is -3.77. The summed E-state index contributed by atoms with van der Waals surface area (Å²) in [5.74, 6) is 0.259. The quantitative estimate of drug-likeness (QED) is 0.514. The lowest BCUT2D eigenvalue weighted by Crippen LogP contribution is -2.63. The molecule has 3 aliphatic rings. The van der Waals surface area contributed by atoms with Gasteiger partial charge in [-0.2, -0.15) is 4.31 Å². The van der Waals surface area contributed by atoms with Crippen LogP contribution >= 0.6 is 11.3 Å². The topological polar surface area (TPSA) is 122 Å². The molecular weight excluding hydrogens is 408 g/mol. The van der Waals surface area contributed by atoms with Gasteiger partial charge in [-0.25, -0.2) is 8.42 Å². The number of morpholine rings is 1. The monoisotopic (exact) mass is 430 g/mol. The number of nitrogens with zero attached hydrogens (tertiary/aromatic N) is 3. The van der Waals surface area contributed by atoms with E-state index in [1.165, 1.54) is 16.4 Å². The fourth-order valence-electron chi connectivity index (χ4n) is 4.15. The number of sulfonamides is 1. The van der Waals surface area contributed by atoms with Crippen LogP contribution in [0.2, 0.25) is 0 Å². The van der Waals surface area contributed by atoms with Crippen molar-refractivity contribution in [1.82, 2.24) is 14.5 Å². The molecule has 1 aromatic rings. The fourth-order valence-corrected chi connectivity index (χ4v) is 6.90. The molecule has 154 valence electrons. The van der Waals surface area contributed by atoms with Crippen LogP contribution in [-0.4, -0.2) is 85.8 Å². The van der Waals surface area contributed by atoms with Crippen molar-refractivity contribution in [3.05, 3.63) is 22.2 Å². The summed E-state index contributed by atoms with van der Waals surface area (Å²) < 4.78 is 32.8. The molecule has 3 atom stereocenters. The lowest BCUT2D eigenvalue weighted by Gasteiger charge is -2.47. The molecule has 0 radical (unpaired) electrons. The molecule has 2 unspecified atom stereocenters. The van der Waals surface area contributed by atoms with Crippen LogP contribution < -0.4 is 5.32 Å². The summed E-state index contributed by atoms with van der Waals surface area (Å²) in [7, 11) is -3.77. The van der Waals surface area contributed by atoms with Gasteiger partial charge in [0.15, 0.2) is 0 Å². The summed E-state index contributed by atoms with van der Waals surface area (Å²) >= 11 is 0.679. The number of carbonyl (C=O) groups is 1. The Hall–Kier alpha value is -1.44. The Morgan fingerprint density at radius 1 is 1.29 bits per heavy atom. The number of hydrogen-bond acceptors (Lipinski definition) is 9. The van der Waals surface area contributed by atoms with Gasteiger partial charge in [-0.1, -0.05) is 0 Å². The minimum absolute atomic E-state index is 0.00584. The SMILES string of the molecule is O=C1CC2COCC(C1)N2C[C@H]1CN(S(=O)(=O)c2ccc([N+](=O)[O-])s2)CCN1. The van der Waals surface area contributed by atoms with E-state index in [0.29, 0.717) is 63.6 Å². The van der Waals surface area contributed by atoms with Crippen LogP contribution in [-0.2, 0) is 19.6 Å². The molecule has 0 aliphatic carbocycles. The highest BCUT2D eigenvalue weighted by molar-refractivity contribution is 7.91. The lowest BCUT2D eigenvalue weighted by atomic mass is 9.92. The lowest BCUT2D eigenvalue weighted by molar-refractivity contribution is -0.380. The predicted molar refractivity (Wildman–Crippen MR) is 101 cm³/mol. The fraction of sp³-hybridized carbons (Fsp3) is 0.688. The van der Waals surface area contributed by atoms with E-state index in [2.05, 4.69) is 10.2 Å². The molecule has 10 nitrogen and oxygen atoms in total. The number of hydrogen-bond donors (Lipinski definition) is 1. The summed E-state index contributed by atoms with van der Waals surface area (Å²) in [5.41, 5.74) is 0. The molecule has 3 aliphatic heterocycles. The van der Waals surface area contributed by atoms with Crippen molar-refractivity contribution in [2.24, 2.45) is 0 Å². The Labute approximate surface area is 166 Å². The minimum Gasteiger partial charge on any atom is -0.378 e. The number of nitro groups is 1. The van der Waals surface area contributed by atoms with Gasteiger partial charge in [-0.15, -0.1) is 0 Å². The Kier molecular flexibility index (Phi) is 5.51. The molecule has 4 rings (SSSR count). The van der Waals surface area contributed by atoms with Crippen molar-refractivity contribution in [2.45, 2.75) is 35.2 Å². The van der Waals surface area contributed by atoms with E-state index >= 15 is 0 Å². The number of rotatable bonds is 5. The van der Waals surface area contributed by atoms with Gasteiger partial charge in [0, 0.05) is 63.2 Å². The largest absolute Gasteiger partial charge is 0.378 e. The summed E-state index contributed by atoms with van der Waals surface area (Å²) in [4.78, 5) is 24.4. The standard InChI is InChI=1S/C16H22N4O6S2/c21-14-5-12-9-26-10-13(6-14)19(12)8-11-7-18(4-3-17-11)28(24,25)16-2-1-15(27-16)20(22)23/h1-2,11-13,17H,3-10H2/t11-,12?,13?/m1/s1. The molecule has 0 amide bonds. The van der Waals surface area contributed by atoms with Crippen LogP contribution in [0.5, 0.6) is 0 Å². The number of nitrogens with one attached hydrogen (secondary N) is 1. The van der Waals surface area contributed by atoms with Crippen molar-refractivity contribution in [3.63, 3.8) is 0 Å². The zero-order valence-electron chi connectivity index (χ0n) is 15.2. The average Bonchev–Trinajstić information content (AvgIpc) is 3.14. The van der Waals surface area contributed by atoms with E-state index < -0.39 is 14.9 Å². The molecule has 3 saturated heterocycles.